The number of hydrogen-bond acceptors (Lipinski definition) is 8. The monoisotopic (exact) mass is 492 g/mol. The Morgan fingerprint density at radius 1 is 1.00 bits per heavy atom. The van der Waals surface area contributed by atoms with Crippen LogP contribution in [0.4, 0.5) is 0 Å². The third kappa shape index (κ3) is 6.46. The zero-order valence-electron chi connectivity index (χ0n) is 21.4. The van der Waals surface area contributed by atoms with Crippen LogP contribution in [-0.2, 0) is 34.1 Å². The molecule has 1 aliphatic heterocycles. The van der Waals surface area contributed by atoms with Crippen LogP contribution in [0.1, 0.15) is 54.1 Å². The maximum atomic E-state index is 11.9. The number of Topliss-reactive ketones (excluding diaryl/α,β-unsaturated/α-hetero) is 2. The van der Waals surface area contributed by atoms with Crippen molar-refractivity contribution < 1.29 is 28.5 Å². The normalized spacial score (nSPS) is 12.6. The fourth-order valence-electron chi connectivity index (χ4n) is 3.91. The molecule has 8 nitrogen and oxygen atoms in total. The predicted octanol–water partition coefficient (Wildman–Crippen LogP) is 4.75. The molecule has 8 heteroatoms. The summed E-state index contributed by atoms with van der Waals surface area (Å²) in [6.45, 7) is 6.82. The molecule has 2 heterocycles. The first kappa shape index (κ1) is 26.8. The number of aromatic nitrogens is 2. The Morgan fingerprint density at radius 2 is 1.75 bits per heavy atom. The average Bonchev–Trinajstić information content (AvgIpc) is 3.39. The highest BCUT2D eigenvalue weighted by Crippen LogP contribution is 2.30. The molecule has 1 aliphatic rings. The van der Waals surface area contributed by atoms with Crippen molar-refractivity contribution >= 4 is 11.6 Å². The van der Waals surface area contributed by atoms with Gasteiger partial charge in [-0.15, -0.1) is 0 Å². The molecule has 0 fully saturated rings. The molecule has 1 aromatic heterocycles. The van der Waals surface area contributed by atoms with Crippen LogP contribution in [0.15, 0.2) is 48.5 Å². The molecule has 0 saturated carbocycles. The first-order chi connectivity index (χ1) is 17.4. The third-order valence-electron chi connectivity index (χ3n) is 5.87. The van der Waals surface area contributed by atoms with Gasteiger partial charge in [0.1, 0.15) is 12.4 Å². The molecule has 36 heavy (non-hydrogen) atoms. The molecule has 0 aliphatic carbocycles. The second-order valence-corrected chi connectivity index (χ2v) is 8.27. The number of methoxy groups -OCH3 is 2. The van der Waals surface area contributed by atoms with Crippen LogP contribution in [0.3, 0.4) is 0 Å². The fraction of sp³-hybridized carbons (Fsp3) is 0.357. The van der Waals surface area contributed by atoms with Gasteiger partial charge in [-0.2, -0.15) is 9.97 Å². The van der Waals surface area contributed by atoms with E-state index >= 15 is 0 Å². The van der Waals surface area contributed by atoms with Gasteiger partial charge in [0.25, 0.3) is 0 Å². The molecule has 0 amide bonds. The van der Waals surface area contributed by atoms with Gasteiger partial charge in [-0.1, -0.05) is 49.4 Å². The van der Waals surface area contributed by atoms with Crippen molar-refractivity contribution in [3.63, 3.8) is 0 Å². The average molecular weight is 493 g/mol. The number of rotatable bonds is 9. The number of ketones is 2. The lowest BCUT2D eigenvalue weighted by Gasteiger charge is -2.16. The van der Waals surface area contributed by atoms with Gasteiger partial charge in [-0.25, -0.2) is 0 Å². The summed E-state index contributed by atoms with van der Waals surface area (Å²) in [5.41, 5.74) is 4.75. The van der Waals surface area contributed by atoms with Crippen LogP contribution in [0.2, 0.25) is 0 Å². The van der Waals surface area contributed by atoms with Crippen molar-refractivity contribution in [2.75, 3.05) is 14.2 Å². The Hall–Kier alpha value is -3.78. The summed E-state index contributed by atoms with van der Waals surface area (Å²) in [7, 11) is 2.91. The second kappa shape index (κ2) is 12.8. The van der Waals surface area contributed by atoms with Crippen LogP contribution in [0.25, 0.3) is 0 Å². The first-order valence-electron chi connectivity index (χ1n) is 11.8. The van der Waals surface area contributed by atoms with E-state index < -0.39 is 17.5 Å². The molecule has 4 rings (SSSR count). The zero-order chi connectivity index (χ0) is 26.1. The van der Waals surface area contributed by atoms with Gasteiger partial charge in [0.2, 0.25) is 11.7 Å². The largest absolute Gasteiger partial charge is 0.489 e. The van der Waals surface area contributed by atoms with Crippen molar-refractivity contribution in [1.29, 1.82) is 0 Å². The summed E-state index contributed by atoms with van der Waals surface area (Å²) in [6, 6.07) is 16.4. The quantitative estimate of drug-likeness (QED) is 0.395. The molecule has 0 saturated heterocycles. The zero-order valence-corrected chi connectivity index (χ0v) is 21.4. The highest BCUT2D eigenvalue weighted by molar-refractivity contribution is 6.38. The number of fused-ring (bicyclic) bond motifs is 1. The van der Waals surface area contributed by atoms with E-state index in [1.54, 1.807) is 6.92 Å². The van der Waals surface area contributed by atoms with Crippen molar-refractivity contribution in [2.24, 2.45) is 0 Å². The molecular weight excluding hydrogens is 460 g/mol. The van der Waals surface area contributed by atoms with E-state index in [0.29, 0.717) is 43.4 Å². The smallest absolute Gasteiger partial charge is 0.319 e. The number of benzene rings is 2. The highest BCUT2D eigenvalue weighted by atomic mass is 16.5. The van der Waals surface area contributed by atoms with E-state index in [2.05, 4.69) is 28.2 Å². The van der Waals surface area contributed by atoms with E-state index in [4.69, 9.17) is 18.9 Å². The highest BCUT2D eigenvalue weighted by Gasteiger charge is 2.27. The minimum absolute atomic E-state index is 0.118. The van der Waals surface area contributed by atoms with Gasteiger partial charge in [0.15, 0.2) is 5.78 Å². The molecular formula is C28H32N2O6. The van der Waals surface area contributed by atoms with Crippen molar-refractivity contribution in [3.05, 3.63) is 76.5 Å². The van der Waals surface area contributed by atoms with E-state index in [0.717, 1.165) is 5.75 Å². The minimum atomic E-state index is -0.594. The molecule has 0 bridgehead atoms. The van der Waals surface area contributed by atoms with Gasteiger partial charge in [-0.3, -0.25) is 9.59 Å². The summed E-state index contributed by atoms with van der Waals surface area (Å²) in [4.78, 5) is 31.4. The Balaban J connectivity index is 0.000000201. The van der Waals surface area contributed by atoms with Crippen LogP contribution in [-0.4, -0.2) is 35.8 Å². The third-order valence-corrected chi connectivity index (χ3v) is 5.87. The van der Waals surface area contributed by atoms with Gasteiger partial charge < -0.3 is 18.9 Å². The van der Waals surface area contributed by atoms with E-state index in [-0.39, 0.29) is 6.01 Å². The Kier molecular flexibility index (Phi) is 9.53. The molecule has 2 aromatic carbocycles. The Morgan fingerprint density at radius 3 is 2.39 bits per heavy atom. The summed E-state index contributed by atoms with van der Waals surface area (Å²) in [5, 5.41) is 0. The molecule has 0 spiro atoms. The predicted molar refractivity (Wildman–Crippen MR) is 134 cm³/mol. The van der Waals surface area contributed by atoms with Crippen molar-refractivity contribution in [2.45, 2.75) is 52.9 Å². The van der Waals surface area contributed by atoms with Gasteiger partial charge in [0.05, 0.1) is 39.0 Å². The van der Waals surface area contributed by atoms with E-state index in [1.807, 2.05) is 37.3 Å². The maximum absolute atomic E-state index is 11.9. The van der Waals surface area contributed by atoms with Gasteiger partial charge in [0, 0.05) is 18.1 Å². The Labute approximate surface area is 211 Å². The molecule has 3 aromatic rings. The first-order valence-corrected chi connectivity index (χ1v) is 11.8. The van der Waals surface area contributed by atoms with Crippen LogP contribution in [0, 0.1) is 6.92 Å². The van der Waals surface area contributed by atoms with Crippen molar-refractivity contribution in [3.8, 4) is 17.6 Å². The van der Waals surface area contributed by atoms with Crippen LogP contribution < -0.4 is 14.2 Å². The molecule has 1 atom stereocenters. The standard InChI is InChI=1S/C15H14O2.C13H18N2O4/c1-2-5-12(6-3-1)9-17-15-8-4-7-13-10-16-11-14(13)15;1-6-9(11(17)8(3)16)10-7(2)12(18-4)15-13(14-10)19-5/h1-8H,9-11H2;9H,6H2,1-5H3. The van der Waals surface area contributed by atoms with Gasteiger partial charge in [-0.05, 0) is 30.5 Å². The van der Waals surface area contributed by atoms with Gasteiger partial charge >= 0.3 is 6.01 Å². The van der Waals surface area contributed by atoms with E-state index in [9.17, 15) is 9.59 Å². The molecule has 190 valence electrons. The topological polar surface area (TPSA) is 96.8 Å². The summed E-state index contributed by atoms with van der Waals surface area (Å²) in [6.07, 6.45) is 0.475. The fourth-order valence-corrected chi connectivity index (χ4v) is 3.91. The lowest BCUT2D eigenvalue weighted by Crippen LogP contribution is -2.21. The van der Waals surface area contributed by atoms with Crippen LogP contribution in [0.5, 0.6) is 17.6 Å². The number of ether oxygens (including phenoxy) is 4. The minimum Gasteiger partial charge on any atom is -0.489 e. The summed E-state index contributed by atoms with van der Waals surface area (Å²) < 4.78 is 21.4. The Bertz CT molecular complexity index is 1200. The SMILES string of the molecule is CCC(C(=O)C(C)=O)c1nc(OC)nc(OC)c1C.c1ccc(COc2cccc3c2COC3)cc1. The molecule has 0 radical (unpaired) electrons. The number of hydrogen-bond donors (Lipinski definition) is 0. The van der Waals surface area contributed by atoms with Crippen molar-refractivity contribution in [1.82, 2.24) is 9.97 Å². The second-order valence-electron chi connectivity index (χ2n) is 8.27. The van der Waals surface area contributed by atoms with Crippen LogP contribution >= 0.6 is 0 Å². The maximum Gasteiger partial charge on any atom is 0.319 e. The lowest BCUT2D eigenvalue weighted by atomic mass is 9.92. The molecule has 0 N–H and O–H groups in total. The number of carbonyl (C=O) groups excluding carboxylic acids is 2. The number of carbonyl (C=O) groups is 2. The summed E-state index contributed by atoms with van der Waals surface area (Å²) in [5.74, 6) is -0.250. The summed E-state index contributed by atoms with van der Waals surface area (Å²) >= 11 is 0. The molecule has 1 unspecified atom stereocenters. The lowest BCUT2D eigenvalue weighted by molar-refractivity contribution is -0.136. The number of nitrogens with zero attached hydrogens (tertiary/aromatic N) is 2. The van der Waals surface area contributed by atoms with E-state index in [1.165, 1.54) is 37.8 Å².